The van der Waals surface area contributed by atoms with E-state index in [2.05, 4.69) is 34.9 Å². The number of carboxylic acid groups (broad SMARTS) is 1. The molecular formula is C28H34N2O5. The van der Waals surface area contributed by atoms with Gasteiger partial charge in [0.1, 0.15) is 6.61 Å². The van der Waals surface area contributed by atoms with Crippen LogP contribution in [0, 0.1) is 17.8 Å². The number of hydrogen-bond acceptors (Lipinski definition) is 4. The van der Waals surface area contributed by atoms with Gasteiger partial charge in [-0.2, -0.15) is 0 Å². The third-order valence-corrected chi connectivity index (χ3v) is 7.14. The lowest BCUT2D eigenvalue weighted by Gasteiger charge is -2.23. The van der Waals surface area contributed by atoms with Crippen molar-refractivity contribution in [2.45, 2.75) is 51.5 Å². The standard InChI is InChI=1S/C28H34N2O5/c1-17(2)25(14-26(31)29-15-19(13-27(32)33)18-11-12-18)30-28(34)35-16-24-22-9-5-3-7-20(22)21-8-4-6-10-23(21)24/h3-10,17-19,24-25H,11-16H2,1-2H3,(H,29,31)(H,30,34)(H,32,33)/t19?,25-/m0/s1. The Labute approximate surface area is 206 Å². The van der Waals surface area contributed by atoms with Gasteiger partial charge >= 0.3 is 12.1 Å². The number of ether oxygens (including phenoxy) is 1. The molecule has 7 heteroatoms. The van der Waals surface area contributed by atoms with Gasteiger partial charge < -0.3 is 20.5 Å². The molecule has 1 unspecified atom stereocenters. The summed E-state index contributed by atoms with van der Waals surface area (Å²) in [6.45, 7) is 4.46. The van der Waals surface area contributed by atoms with E-state index in [9.17, 15) is 14.4 Å². The Morgan fingerprint density at radius 1 is 0.971 bits per heavy atom. The summed E-state index contributed by atoms with van der Waals surface area (Å²) < 4.78 is 5.64. The van der Waals surface area contributed by atoms with Crippen LogP contribution >= 0.6 is 0 Å². The minimum Gasteiger partial charge on any atom is -0.481 e. The number of carboxylic acids is 1. The highest BCUT2D eigenvalue weighted by Gasteiger charge is 2.33. The first-order valence-corrected chi connectivity index (χ1v) is 12.4. The van der Waals surface area contributed by atoms with Gasteiger partial charge in [-0.1, -0.05) is 62.4 Å². The molecule has 0 saturated heterocycles. The molecule has 2 aromatic rings. The molecule has 2 aromatic carbocycles. The monoisotopic (exact) mass is 478 g/mol. The van der Waals surface area contributed by atoms with Gasteiger partial charge in [-0.25, -0.2) is 4.79 Å². The molecule has 1 fully saturated rings. The summed E-state index contributed by atoms with van der Waals surface area (Å²) in [7, 11) is 0. The Hall–Kier alpha value is -3.35. The van der Waals surface area contributed by atoms with E-state index in [1.807, 2.05) is 38.1 Å². The Morgan fingerprint density at radius 3 is 2.11 bits per heavy atom. The van der Waals surface area contributed by atoms with Gasteiger partial charge in [0.15, 0.2) is 0 Å². The molecule has 35 heavy (non-hydrogen) atoms. The fraction of sp³-hybridized carbons (Fsp3) is 0.464. The number of aliphatic carboxylic acids is 1. The second-order valence-electron chi connectivity index (χ2n) is 10.0. The first kappa shape index (κ1) is 24.8. The van der Waals surface area contributed by atoms with Crippen molar-refractivity contribution in [2.75, 3.05) is 13.2 Å². The zero-order valence-electron chi connectivity index (χ0n) is 20.3. The molecule has 1 saturated carbocycles. The normalized spacial score (nSPS) is 16.2. The summed E-state index contributed by atoms with van der Waals surface area (Å²) >= 11 is 0. The molecule has 2 atom stereocenters. The van der Waals surface area contributed by atoms with E-state index in [4.69, 9.17) is 9.84 Å². The van der Waals surface area contributed by atoms with Crippen molar-refractivity contribution in [3.63, 3.8) is 0 Å². The van der Waals surface area contributed by atoms with Crippen molar-refractivity contribution >= 4 is 18.0 Å². The maximum atomic E-state index is 12.7. The van der Waals surface area contributed by atoms with Gasteiger partial charge in [-0.3, -0.25) is 9.59 Å². The first-order valence-electron chi connectivity index (χ1n) is 12.4. The summed E-state index contributed by atoms with van der Waals surface area (Å²) in [6, 6.07) is 16.0. The second kappa shape index (κ2) is 10.9. The van der Waals surface area contributed by atoms with Crippen molar-refractivity contribution in [1.82, 2.24) is 10.6 Å². The minimum absolute atomic E-state index is 0.0254. The van der Waals surface area contributed by atoms with Crippen LogP contribution in [-0.2, 0) is 14.3 Å². The molecule has 3 N–H and O–H groups in total. The topological polar surface area (TPSA) is 105 Å². The lowest BCUT2D eigenvalue weighted by Crippen LogP contribution is -2.43. The number of fused-ring (bicyclic) bond motifs is 3. The molecule has 0 bridgehead atoms. The van der Waals surface area contributed by atoms with Crippen LogP contribution in [0.3, 0.4) is 0 Å². The number of alkyl carbamates (subject to hydrolysis) is 1. The predicted molar refractivity (Wildman–Crippen MR) is 133 cm³/mol. The summed E-state index contributed by atoms with van der Waals surface area (Å²) in [6.07, 6.45) is 1.68. The van der Waals surface area contributed by atoms with Crippen molar-refractivity contribution in [3.8, 4) is 11.1 Å². The van der Waals surface area contributed by atoms with Crippen LogP contribution in [0.2, 0.25) is 0 Å². The lowest BCUT2D eigenvalue weighted by atomic mass is 9.98. The van der Waals surface area contributed by atoms with Crippen molar-refractivity contribution in [2.24, 2.45) is 17.8 Å². The van der Waals surface area contributed by atoms with Gasteiger partial charge in [-0.15, -0.1) is 0 Å². The number of carbonyl (C=O) groups is 3. The first-order chi connectivity index (χ1) is 16.8. The molecule has 7 nitrogen and oxygen atoms in total. The van der Waals surface area contributed by atoms with Gasteiger partial charge in [0.25, 0.3) is 0 Å². The molecule has 0 aliphatic heterocycles. The van der Waals surface area contributed by atoms with Gasteiger partial charge in [0.05, 0.1) is 6.42 Å². The quantitative estimate of drug-likeness (QED) is 0.439. The highest BCUT2D eigenvalue weighted by molar-refractivity contribution is 5.79. The molecule has 0 radical (unpaired) electrons. The molecular weight excluding hydrogens is 444 g/mol. The smallest absolute Gasteiger partial charge is 0.407 e. The van der Waals surface area contributed by atoms with E-state index < -0.39 is 12.1 Å². The average molecular weight is 479 g/mol. The highest BCUT2D eigenvalue weighted by atomic mass is 16.5. The Morgan fingerprint density at radius 2 is 1.57 bits per heavy atom. The van der Waals surface area contributed by atoms with E-state index in [-0.39, 0.29) is 49.2 Å². The van der Waals surface area contributed by atoms with E-state index >= 15 is 0 Å². The average Bonchev–Trinajstić information content (AvgIpc) is 3.62. The number of benzene rings is 2. The van der Waals surface area contributed by atoms with Crippen LogP contribution in [0.1, 0.15) is 56.6 Å². The minimum atomic E-state index is -0.840. The van der Waals surface area contributed by atoms with Crippen LogP contribution in [-0.4, -0.2) is 42.3 Å². The van der Waals surface area contributed by atoms with Crippen LogP contribution in [0.5, 0.6) is 0 Å². The van der Waals surface area contributed by atoms with E-state index in [0.29, 0.717) is 12.5 Å². The van der Waals surface area contributed by atoms with Crippen molar-refractivity contribution < 1.29 is 24.2 Å². The number of hydrogen-bond donors (Lipinski definition) is 3. The molecule has 4 rings (SSSR count). The third kappa shape index (κ3) is 6.21. The SMILES string of the molecule is CC(C)[C@H](CC(=O)NCC(CC(=O)O)C1CC1)NC(=O)OCC1c2ccccc2-c2ccccc21. The summed E-state index contributed by atoms with van der Waals surface area (Å²) in [5.74, 6) is -0.691. The van der Waals surface area contributed by atoms with Gasteiger partial charge in [0.2, 0.25) is 5.91 Å². The number of amides is 2. The Kier molecular flexibility index (Phi) is 7.73. The van der Waals surface area contributed by atoms with Crippen LogP contribution < -0.4 is 10.6 Å². The molecule has 186 valence electrons. The number of rotatable bonds is 11. The van der Waals surface area contributed by atoms with E-state index in [0.717, 1.165) is 24.0 Å². The Balaban J connectivity index is 1.30. The zero-order valence-corrected chi connectivity index (χ0v) is 20.3. The molecule has 2 aliphatic rings. The fourth-order valence-electron chi connectivity index (χ4n) is 4.96. The Bertz CT molecular complexity index is 1030. The zero-order chi connectivity index (χ0) is 24.9. The molecule has 0 aromatic heterocycles. The number of carbonyl (C=O) groups excluding carboxylic acids is 2. The van der Waals surface area contributed by atoms with Gasteiger partial charge in [-0.05, 0) is 52.8 Å². The third-order valence-electron chi connectivity index (χ3n) is 7.14. The van der Waals surface area contributed by atoms with Crippen LogP contribution in [0.15, 0.2) is 48.5 Å². The van der Waals surface area contributed by atoms with Crippen LogP contribution in [0.4, 0.5) is 4.79 Å². The predicted octanol–water partition coefficient (Wildman–Crippen LogP) is 4.56. The van der Waals surface area contributed by atoms with E-state index in [1.165, 1.54) is 11.1 Å². The largest absolute Gasteiger partial charge is 0.481 e. The molecule has 2 amide bonds. The maximum Gasteiger partial charge on any atom is 0.407 e. The molecule has 0 spiro atoms. The second-order valence-corrected chi connectivity index (χ2v) is 10.0. The number of nitrogens with one attached hydrogen (secondary N) is 2. The van der Waals surface area contributed by atoms with E-state index in [1.54, 1.807) is 0 Å². The lowest BCUT2D eigenvalue weighted by molar-refractivity contribution is -0.138. The molecule has 2 aliphatic carbocycles. The highest BCUT2D eigenvalue weighted by Crippen LogP contribution is 2.44. The van der Waals surface area contributed by atoms with Gasteiger partial charge in [0, 0.05) is 24.9 Å². The summed E-state index contributed by atoms with van der Waals surface area (Å²) in [5.41, 5.74) is 4.63. The summed E-state index contributed by atoms with van der Waals surface area (Å²) in [4.78, 5) is 36.3. The summed E-state index contributed by atoms with van der Waals surface area (Å²) in [5, 5.41) is 14.8. The van der Waals surface area contributed by atoms with Crippen molar-refractivity contribution in [1.29, 1.82) is 0 Å². The molecule has 0 heterocycles. The maximum absolute atomic E-state index is 12.7. The van der Waals surface area contributed by atoms with Crippen LogP contribution in [0.25, 0.3) is 11.1 Å². The van der Waals surface area contributed by atoms with Crippen molar-refractivity contribution in [3.05, 3.63) is 59.7 Å². The fourth-order valence-corrected chi connectivity index (χ4v) is 4.96.